The fourth-order valence-electron chi connectivity index (χ4n) is 2.93. The van der Waals surface area contributed by atoms with Crippen molar-refractivity contribution in [2.45, 2.75) is 32.3 Å². The second kappa shape index (κ2) is 9.34. The Labute approximate surface area is 170 Å². The van der Waals surface area contributed by atoms with Gasteiger partial charge in [-0.3, -0.25) is 0 Å². The van der Waals surface area contributed by atoms with Gasteiger partial charge in [-0.1, -0.05) is 38.1 Å². The number of hydrogen-bond donors (Lipinski definition) is 0. The molecule has 1 heterocycles. The maximum Gasteiger partial charge on any atom is 0.367 e. The smallest absolute Gasteiger partial charge is 0.367 e. The highest BCUT2D eigenvalue weighted by molar-refractivity contribution is 8.13. The molecule has 1 aliphatic heterocycles. The molecule has 0 bridgehead atoms. The van der Waals surface area contributed by atoms with E-state index in [2.05, 4.69) is 38.1 Å². The Bertz CT molecular complexity index is 771. The first kappa shape index (κ1) is 20.6. The van der Waals surface area contributed by atoms with Crippen LogP contribution in [0.25, 0.3) is 0 Å². The molecular weight excluding hydrogens is 376 g/mol. The lowest BCUT2D eigenvalue weighted by molar-refractivity contribution is 0.0224. The molecular formula is C22H26O5S. The number of carbonyl (C=O) groups excluding carboxylic acids is 1. The van der Waals surface area contributed by atoms with Gasteiger partial charge in [0.1, 0.15) is 24.2 Å². The van der Waals surface area contributed by atoms with Gasteiger partial charge in [-0.25, -0.2) is 4.79 Å². The first-order valence-electron chi connectivity index (χ1n) is 9.37. The minimum Gasteiger partial charge on any atom is -0.490 e. The van der Waals surface area contributed by atoms with Crippen molar-refractivity contribution in [2.75, 3.05) is 25.8 Å². The summed E-state index contributed by atoms with van der Waals surface area (Å²) >= 11 is 1.19. The van der Waals surface area contributed by atoms with Crippen molar-refractivity contribution in [3.05, 3.63) is 59.7 Å². The second-order valence-corrected chi connectivity index (χ2v) is 8.00. The summed E-state index contributed by atoms with van der Waals surface area (Å²) in [6.45, 7) is 7.59. The van der Waals surface area contributed by atoms with Crippen LogP contribution in [0.4, 0.5) is 4.79 Å². The van der Waals surface area contributed by atoms with Crippen molar-refractivity contribution in [1.82, 2.24) is 0 Å². The van der Waals surface area contributed by atoms with Crippen molar-refractivity contribution < 1.29 is 23.7 Å². The van der Waals surface area contributed by atoms with Gasteiger partial charge < -0.3 is 18.9 Å². The Morgan fingerprint density at radius 1 is 1.00 bits per heavy atom. The zero-order valence-electron chi connectivity index (χ0n) is 16.5. The number of ether oxygens (including phenoxy) is 4. The Morgan fingerprint density at radius 3 is 2.07 bits per heavy atom. The van der Waals surface area contributed by atoms with Gasteiger partial charge in [-0.15, -0.1) is 0 Å². The number of benzene rings is 2. The lowest BCUT2D eigenvalue weighted by Gasteiger charge is -2.26. The van der Waals surface area contributed by atoms with Crippen LogP contribution in [-0.2, 0) is 14.9 Å². The third kappa shape index (κ3) is 5.20. The van der Waals surface area contributed by atoms with E-state index in [0.717, 1.165) is 11.5 Å². The zero-order valence-corrected chi connectivity index (χ0v) is 17.3. The highest BCUT2D eigenvalue weighted by Gasteiger charge is 2.25. The van der Waals surface area contributed by atoms with Crippen LogP contribution in [-0.4, -0.2) is 37.2 Å². The van der Waals surface area contributed by atoms with Crippen molar-refractivity contribution in [3.8, 4) is 11.5 Å². The normalized spacial score (nSPS) is 16.7. The summed E-state index contributed by atoms with van der Waals surface area (Å²) in [7, 11) is 0. The third-order valence-corrected chi connectivity index (χ3v) is 5.62. The van der Waals surface area contributed by atoms with Crippen LogP contribution in [0.3, 0.4) is 0 Å². The fraction of sp³-hybridized carbons (Fsp3) is 0.409. The molecule has 0 aliphatic carbocycles. The molecule has 2 aromatic carbocycles. The minimum atomic E-state index is -0.222. The molecule has 0 radical (unpaired) electrons. The molecule has 0 spiro atoms. The molecule has 28 heavy (non-hydrogen) atoms. The average Bonchev–Trinajstić information content (AvgIpc) is 3.12. The predicted octanol–water partition coefficient (Wildman–Crippen LogP) is 5.02. The molecule has 1 saturated heterocycles. The van der Waals surface area contributed by atoms with E-state index in [1.165, 1.54) is 22.9 Å². The average molecular weight is 403 g/mol. The molecule has 1 unspecified atom stereocenters. The molecule has 1 aliphatic rings. The van der Waals surface area contributed by atoms with E-state index in [0.29, 0.717) is 19.0 Å². The lowest BCUT2D eigenvalue weighted by atomic mass is 9.78. The first-order chi connectivity index (χ1) is 13.5. The largest absolute Gasteiger partial charge is 0.490 e. The number of hydrogen-bond acceptors (Lipinski definition) is 6. The van der Waals surface area contributed by atoms with Crippen LogP contribution in [0.15, 0.2) is 48.5 Å². The van der Waals surface area contributed by atoms with Crippen LogP contribution in [0.1, 0.15) is 31.9 Å². The van der Waals surface area contributed by atoms with Gasteiger partial charge in [0.2, 0.25) is 0 Å². The Kier molecular flexibility index (Phi) is 6.86. The van der Waals surface area contributed by atoms with Crippen LogP contribution < -0.4 is 9.47 Å². The summed E-state index contributed by atoms with van der Waals surface area (Å²) in [5, 5.41) is -0.222. The van der Waals surface area contributed by atoms with E-state index < -0.39 is 0 Å². The summed E-state index contributed by atoms with van der Waals surface area (Å²) < 4.78 is 21.6. The SMILES string of the molecule is CCOCOc1ccc(C(C)(C)c2ccc(OCC3CSC(=O)O3)cc2)cc1. The molecule has 150 valence electrons. The summed E-state index contributed by atoms with van der Waals surface area (Å²) in [4.78, 5) is 11.1. The van der Waals surface area contributed by atoms with Gasteiger partial charge in [0.05, 0.1) is 0 Å². The zero-order chi connectivity index (χ0) is 20.0. The third-order valence-electron chi connectivity index (χ3n) is 4.75. The standard InChI is InChI=1S/C22H26O5S/c1-4-24-15-26-19-11-7-17(8-12-19)22(2,3)16-5-9-18(10-6-16)25-13-20-14-28-21(23)27-20/h5-12,20H,4,13-15H2,1-3H3. The molecule has 0 N–H and O–H groups in total. The number of thioether (sulfide) groups is 1. The van der Waals surface area contributed by atoms with E-state index in [9.17, 15) is 4.79 Å². The lowest BCUT2D eigenvalue weighted by Crippen LogP contribution is -2.20. The molecule has 3 rings (SSSR count). The van der Waals surface area contributed by atoms with Crippen molar-refractivity contribution in [2.24, 2.45) is 0 Å². The van der Waals surface area contributed by atoms with E-state index >= 15 is 0 Å². The van der Waals surface area contributed by atoms with Crippen LogP contribution >= 0.6 is 11.8 Å². The molecule has 0 amide bonds. The maximum absolute atomic E-state index is 11.1. The quantitative estimate of drug-likeness (QED) is 0.334. The molecule has 1 atom stereocenters. The summed E-state index contributed by atoms with van der Waals surface area (Å²) in [6, 6.07) is 16.2. The van der Waals surface area contributed by atoms with E-state index in [4.69, 9.17) is 18.9 Å². The highest BCUT2D eigenvalue weighted by atomic mass is 32.2. The summed E-state index contributed by atoms with van der Waals surface area (Å²) in [5.41, 5.74) is 2.22. The number of rotatable bonds is 9. The van der Waals surface area contributed by atoms with Gasteiger partial charge >= 0.3 is 5.30 Å². The molecule has 1 fully saturated rings. The molecule has 0 aromatic heterocycles. The fourth-order valence-corrected chi connectivity index (χ4v) is 3.62. The van der Waals surface area contributed by atoms with Crippen LogP contribution in [0.2, 0.25) is 0 Å². The summed E-state index contributed by atoms with van der Waals surface area (Å²) in [6.07, 6.45) is -0.169. The van der Waals surface area contributed by atoms with Gasteiger partial charge in [0.15, 0.2) is 6.79 Å². The Balaban J connectivity index is 1.60. The van der Waals surface area contributed by atoms with Gasteiger partial charge in [0, 0.05) is 17.8 Å². The van der Waals surface area contributed by atoms with E-state index in [-0.39, 0.29) is 23.6 Å². The Morgan fingerprint density at radius 2 is 1.57 bits per heavy atom. The minimum absolute atomic E-state index is 0.158. The topological polar surface area (TPSA) is 54.0 Å². The number of cyclic esters (lactones) is 1. The van der Waals surface area contributed by atoms with Crippen molar-refractivity contribution in [3.63, 3.8) is 0 Å². The highest BCUT2D eigenvalue weighted by Crippen LogP contribution is 2.33. The van der Waals surface area contributed by atoms with Gasteiger partial charge in [-0.05, 0) is 54.1 Å². The molecule has 2 aromatic rings. The molecule has 6 heteroatoms. The summed E-state index contributed by atoms with van der Waals surface area (Å²) in [5.74, 6) is 2.21. The number of carbonyl (C=O) groups is 1. The second-order valence-electron chi connectivity index (χ2n) is 7.04. The van der Waals surface area contributed by atoms with Gasteiger partial charge in [0.25, 0.3) is 0 Å². The maximum atomic E-state index is 11.1. The van der Waals surface area contributed by atoms with Crippen molar-refractivity contribution >= 4 is 17.1 Å². The van der Waals surface area contributed by atoms with Crippen LogP contribution in [0.5, 0.6) is 11.5 Å². The van der Waals surface area contributed by atoms with Crippen molar-refractivity contribution in [1.29, 1.82) is 0 Å². The monoisotopic (exact) mass is 402 g/mol. The van der Waals surface area contributed by atoms with Gasteiger partial charge in [-0.2, -0.15) is 0 Å². The van der Waals surface area contributed by atoms with E-state index in [1.807, 2.05) is 31.2 Å². The molecule has 0 saturated carbocycles. The van der Waals surface area contributed by atoms with E-state index in [1.54, 1.807) is 0 Å². The predicted molar refractivity (Wildman–Crippen MR) is 110 cm³/mol. The Hall–Kier alpha value is -2.18. The first-order valence-corrected chi connectivity index (χ1v) is 10.4. The molecule has 5 nitrogen and oxygen atoms in total. The van der Waals surface area contributed by atoms with Crippen LogP contribution in [0, 0.1) is 0 Å².